The Morgan fingerprint density at radius 1 is 1.36 bits per heavy atom. The third-order valence-corrected chi connectivity index (χ3v) is 2.07. The van der Waals surface area contributed by atoms with E-state index in [0.29, 0.717) is 11.5 Å². The summed E-state index contributed by atoms with van der Waals surface area (Å²) in [4.78, 5) is 0. The van der Waals surface area contributed by atoms with Gasteiger partial charge in [0.2, 0.25) is 0 Å². The van der Waals surface area contributed by atoms with Crippen molar-refractivity contribution < 1.29 is 4.39 Å². The van der Waals surface area contributed by atoms with Gasteiger partial charge < -0.3 is 5.73 Å². The van der Waals surface area contributed by atoms with Crippen molar-refractivity contribution in [2.45, 2.75) is 0 Å². The number of nitrogens with two attached hydrogens (primary N) is 1. The van der Waals surface area contributed by atoms with Gasteiger partial charge in [0.1, 0.15) is 11.6 Å². The molecule has 0 radical (unpaired) electrons. The van der Waals surface area contributed by atoms with Crippen LogP contribution in [0.1, 0.15) is 0 Å². The van der Waals surface area contributed by atoms with Crippen LogP contribution in [0, 0.1) is 5.82 Å². The zero-order valence-electron chi connectivity index (χ0n) is 7.11. The number of nitrogen functional groups attached to an aromatic ring is 1. The van der Waals surface area contributed by atoms with Crippen molar-refractivity contribution >= 4 is 17.4 Å². The Labute approximate surface area is 84.9 Å². The van der Waals surface area contributed by atoms with Gasteiger partial charge in [-0.25, -0.2) is 9.07 Å². The number of aromatic nitrogens is 2. The Kier molecular flexibility index (Phi) is 2.13. The summed E-state index contributed by atoms with van der Waals surface area (Å²) in [6.07, 6.45) is 1.68. The number of benzene rings is 1. The molecule has 0 saturated heterocycles. The standard InChI is InChI=1S/C9H7ClFN3/c10-7-5-6(1-2-8(7)11)14-4-3-9(12)13-14/h1-5H,(H2,12,13). The molecule has 0 atom stereocenters. The Balaban J connectivity index is 2.47. The van der Waals surface area contributed by atoms with Gasteiger partial charge in [0.25, 0.3) is 0 Å². The molecule has 5 heteroatoms. The molecule has 0 bridgehead atoms. The van der Waals surface area contributed by atoms with Crippen molar-refractivity contribution in [1.29, 1.82) is 0 Å². The van der Waals surface area contributed by atoms with Crippen molar-refractivity contribution in [3.8, 4) is 5.69 Å². The summed E-state index contributed by atoms with van der Waals surface area (Å²) in [6.45, 7) is 0. The largest absolute Gasteiger partial charge is 0.382 e. The summed E-state index contributed by atoms with van der Waals surface area (Å²) < 4.78 is 14.4. The van der Waals surface area contributed by atoms with E-state index in [1.807, 2.05) is 0 Å². The molecule has 2 N–H and O–H groups in total. The molecule has 0 aliphatic carbocycles. The molecule has 0 aliphatic heterocycles. The van der Waals surface area contributed by atoms with Gasteiger partial charge in [-0.05, 0) is 18.2 Å². The van der Waals surface area contributed by atoms with Gasteiger partial charge in [-0.15, -0.1) is 0 Å². The number of hydrogen-bond donors (Lipinski definition) is 1. The smallest absolute Gasteiger partial charge is 0.145 e. The van der Waals surface area contributed by atoms with E-state index in [-0.39, 0.29) is 5.02 Å². The second-order valence-electron chi connectivity index (χ2n) is 2.78. The Morgan fingerprint density at radius 2 is 2.14 bits per heavy atom. The van der Waals surface area contributed by atoms with E-state index in [2.05, 4.69) is 5.10 Å². The first-order chi connectivity index (χ1) is 6.66. The second-order valence-corrected chi connectivity index (χ2v) is 3.19. The van der Waals surface area contributed by atoms with Gasteiger partial charge in [0, 0.05) is 12.3 Å². The van der Waals surface area contributed by atoms with Crippen LogP contribution in [0.4, 0.5) is 10.2 Å². The Bertz CT molecular complexity index is 467. The molecule has 72 valence electrons. The molecule has 14 heavy (non-hydrogen) atoms. The monoisotopic (exact) mass is 211 g/mol. The van der Waals surface area contributed by atoms with Crippen LogP contribution in [-0.2, 0) is 0 Å². The maximum atomic E-state index is 12.8. The van der Waals surface area contributed by atoms with Crippen molar-refractivity contribution in [2.75, 3.05) is 5.73 Å². The maximum absolute atomic E-state index is 12.8. The third kappa shape index (κ3) is 1.56. The second kappa shape index (κ2) is 3.31. The summed E-state index contributed by atoms with van der Waals surface area (Å²) in [6, 6.07) is 6.00. The molecule has 2 aromatic rings. The molecule has 0 unspecified atom stereocenters. The lowest BCUT2D eigenvalue weighted by molar-refractivity contribution is 0.627. The Morgan fingerprint density at radius 3 is 2.71 bits per heavy atom. The van der Waals surface area contributed by atoms with Crippen LogP contribution >= 0.6 is 11.6 Å². The minimum Gasteiger partial charge on any atom is -0.382 e. The summed E-state index contributed by atoms with van der Waals surface area (Å²) in [7, 11) is 0. The first-order valence-electron chi connectivity index (χ1n) is 3.93. The quantitative estimate of drug-likeness (QED) is 0.786. The van der Waals surface area contributed by atoms with Crippen LogP contribution in [0.3, 0.4) is 0 Å². The molecule has 0 amide bonds. The highest BCUT2D eigenvalue weighted by molar-refractivity contribution is 6.30. The van der Waals surface area contributed by atoms with Crippen LogP contribution in [-0.4, -0.2) is 9.78 Å². The van der Waals surface area contributed by atoms with Gasteiger partial charge in [-0.2, -0.15) is 5.10 Å². The van der Waals surface area contributed by atoms with Crippen LogP contribution in [0.15, 0.2) is 30.5 Å². The highest BCUT2D eigenvalue weighted by Gasteiger charge is 2.03. The normalized spacial score (nSPS) is 10.4. The van der Waals surface area contributed by atoms with Gasteiger partial charge >= 0.3 is 0 Å². The minimum atomic E-state index is -0.449. The zero-order valence-corrected chi connectivity index (χ0v) is 7.87. The maximum Gasteiger partial charge on any atom is 0.145 e. The zero-order chi connectivity index (χ0) is 10.1. The number of halogens is 2. The van der Waals surface area contributed by atoms with Crippen molar-refractivity contribution in [1.82, 2.24) is 9.78 Å². The molecule has 2 rings (SSSR count). The van der Waals surface area contributed by atoms with Crippen molar-refractivity contribution in [2.24, 2.45) is 0 Å². The highest BCUT2D eigenvalue weighted by Crippen LogP contribution is 2.18. The van der Waals surface area contributed by atoms with Gasteiger partial charge in [-0.3, -0.25) is 0 Å². The Hall–Kier alpha value is -1.55. The molecule has 0 spiro atoms. The first-order valence-corrected chi connectivity index (χ1v) is 4.31. The highest BCUT2D eigenvalue weighted by atomic mass is 35.5. The van der Waals surface area contributed by atoms with Crippen molar-refractivity contribution in [3.05, 3.63) is 41.3 Å². The average Bonchev–Trinajstić information content (AvgIpc) is 2.57. The van der Waals surface area contributed by atoms with E-state index in [1.54, 1.807) is 18.3 Å². The lowest BCUT2D eigenvalue weighted by Gasteiger charge is -2.01. The summed E-state index contributed by atoms with van der Waals surface area (Å²) in [5.41, 5.74) is 6.12. The molecular formula is C9H7ClFN3. The van der Waals surface area contributed by atoms with E-state index in [1.165, 1.54) is 16.8 Å². The van der Waals surface area contributed by atoms with Gasteiger partial charge in [0.15, 0.2) is 0 Å². The van der Waals surface area contributed by atoms with Crippen LogP contribution in [0.25, 0.3) is 5.69 Å². The first kappa shape index (κ1) is 9.02. The molecule has 0 fully saturated rings. The summed E-state index contributed by atoms with van der Waals surface area (Å²) in [5, 5.41) is 4.03. The van der Waals surface area contributed by atoms with E-state index in [4.69, 9.17) is 17.3 Å². The molecule has 0 saturated carbocycles. The molecule has 0 aliphatic rings. The van der Waals surface area contributed by atoms with Gasteiger partial charge in [-0.1, -0.05) is 11.6 Å². The molecular weight excluding hydrogens is 205 g/mol. The van der Waals surface area contributed by atoms with Crippen LogP contribution in [0.2, 0.25) is 5.02 Å². The number of nitrogens with zero attached hydrogens (tertiary/aromatic N) is 2. The average molecular weight is 212 g/mol. The SMILES string of the molecule is Nc1ccn(-c2ccc(F)c(Cl)c2)n1. The predicted molar refractivity (Wildman–Crippen MR) is 52.9 cm³/mol. The van der Waals surface area contributed by atoms with E-state index in [0.717, 1.165) is 0 Å². The fourth-order valence-corrected chi connectivity index (χ4v) is 1.28. The number of hydrogen-bond acceptors (Lipinski definition) is 2. The lowest BCUT2D eigenvalue weighted by atomic mass is 10.3. The molecule has 1 aromatic carbocycles. The van der Waals surface area contributed by atoms with E-state index in [9.17, 15) is 4.39 Å². The predicted octanol–water partition coefficient (Wildman–Crippen LogP) is 2.25. The van der Waals surface area contributed by atoms with E-state index < -0.39 is 5.82 Å². The molecule has 1 aromatic heterocycles. The summed E-state index contributed by atoms with van der Waals surface area (Å²) in [5.74, 6) is -0.0407. The van der Waals surface area contributed by atoms with Crippen LogP contribution < -0.4 is 5.73 Å². The fraction of sp³-hybridized carbons (Fsp3) is 0. The van der Waals surface area contributed by atoms with Crippen molar-refractivity contribution in [3.63, 3.8) is 0 Å². The van der Waals surface area contributed by atoms with Gasteiger partial charge in [0.05, 0.1) is 10.7 Å². The molecule has 1 heterocycles. The topological polar surface area (TPSA) is 43.8 Å². The number of anilines is 1. The minimum absolute atomic E-state index is 0.0663. The number of rotatable bonds is 1. The molecule has 3 nitrogen and oxygen atoms in total. The fourth-order valence-electron chi connectivity index (χ4n) is 1.11. The third-order valence-electron chi connectivity index (χ3n) is 1.78. The lowest BCUT2D eigenvalue weighted by Crippen LogP contribution is -1.96. The van der Waals surface area contributed by atoms with Crippen LogP contribution in [0.5, 0.6) is 0 Å². The van der Waals surface area contributed by atoms with E-state index >= 15 is 0 Å². The summed E-state index contributed by atoms with van der Waals surface area (Å²) >= 11 is 5.62.